The highest BCUT2D eigenvalue weighted by Gasteiger charge is 2.05. The lowest BCUT2D eigenvalue weighted by Gasteiger charge is -1.99. The fourth-order valence-corrected chi connectivity index (χ4v) is 1.19. The van der Waals surface area contributed by atoms with E-state index in [1.54, 1.807) is 25.6 Å². The lowest BCUT2D eigenvalue weighted by Crippen LogP contribution is -1.87. The molecule has 0 saturated heterocycles. The summed E-state index contributed by atoms with van der Waals surface area (Å²) < 4.78 is 5.11. The molecule has 62 valence electrons. The van der Waals surface area contributed by atoms with Crippen molar-refractivity contribution < 1.29 is 4.74 Å². The molecule has 4 nitrogen and oxygen atoms in total. The molecule has 0 aliphatic carbocycles. The molecule has 3 N–H and O–H groups in total. The van der Waals surface area contributed by atoms with Crippen molar-refractivity contribution in [1.82, 2.24) is 9.97 Å². The number of fused-ring (bicyclic) bond motifs is 1. The van der Waals surface area contributed by atoms with Crippen LogP contribution in [-0.4, -0.2) is 17.1 Å². The Bertz CT molecular complexity index is 408. The minimum absolute atomic E-state index is 0.643. The highest BCUT2D eigenvalue weighted by molar-refractivity contribution is 5.91. The van der Waals surface area contributed by atoms with Gasteiger partial charge in [-0.2, -0.15) is 0 Å². The van der Waals surface area contributed by atoms with Gasteiger partial charge in [-0.05, 0) is 0 Å². The molecule has 0 radical (unpaired) electrons. The van der Waals surface area contributed by atoms with Crippen LogP contribution in [0.4, 0.5) is 5.69 Å². The molecule has 4 heteroatoms. The quantitative estimate of drug-likeness (QED) is 0.662. The van der Waals surface area contributed by atoms with Gasteiger partial charge in [-0.15, -0.1) is 0 Å². The second kappa shape index (κ2) is 2.41. The maximum absolute atomic E-state index is 5.65. The van der Waals surface area contributed by atoms with Crippen LogP contribution in [0.25, 0.3) is 11.0 Å². The number of anilines is 1. The predicted octanol–water partition coefficient (Wildman–Crippen LogP) is 1.15. The minimum atomic E-state index is 0.643. The van der Waals surface area contributed by atoms with Crippen LogP contribution in [0.15, 0.2) is 18.5 Å². The van der Waals surface area contributed by atoms with E-state index in [2.05, 4.69) is 9.97 Å². The fraction of sp³-hybridized carbons (Fsp3) is 0.125. The third kappa shape index (κ3) is 0.812. The Balaban J connectivity index is 2.81. The first kappa shape index (κ1) is 6.97. The summed E-state index contributed by atoms with van der Waals surface area (Å²) in [6.45, 7) is 0. The first-order valence-electron chi connectivity index (χ1n) is 3.58. The van der Waals surface area contributed by atoms with Crippen LogP contribution in [0.2, 0.25) is 0 Å². The maximum atomic E-state index is 5.65. The first-order valence-corrected chi connectivity index (χ1v) is 3.58. The number of H-pyrrole nitrogens is 1. The van der Waals surface area contributed by atoms with Crippen molar-refractivity contribution in [2.45, 2.75) is 0 Å². The Hall–Kier alpha value is -1.71. The summed E-state index contributed by atoms with van der Waals surface area (Å²) in [6.07, 6.45) is 3.38. The van der Waals surface area contributed by atoms with E-state index in [0.29, 0.717) is 5.69 Å². The van der Waals surface area contributed by atoms with E-state index >= 15 is 0 Å². The molecule has 12 heavy (non-hydrogen) atoms. The van der Waals surface area contributed by atoms with E-state index in [9.17, 15) is 0 Å². The number of hydrogen-bond donors (Lipinski definition) is 2. The third-order valence-electron chi connectivity index (χ3n) is 1.78. The van der Waals surface area contributed by atoms with Crippen LogP contribution in [-0.2, 0) is 0 Å². The summed E-state index contributed by atoms with van der Waals surface area (Å²) >= 11 is 0. The van der Waals surface area contributed by atoms with Gasteiger partial charge < -0.3 is 15.5 Å². The van der Waals surface area contributed by atoms with Crippen LogP contribution < -0.4 is 10.5 Å². The molecule has 2 heterocycles. The number of nitrogens with two attached hydrogens (primary N) is 1. The predicted molar refractivity (Wildman–Crippen MR) is 47.1 cm³/mol. The topological polar surface area (TPSA) is 63.9 Å². The number of hydrogen-bond acceptors (Lipinski definition) is 3. The van der Waals surface area contributed by atoms with Gasteiger partial charge in [-0.1, -0.05) is 0 Å². The van der Waals surface area contributed by atoms with E-state index < -0.39 is 0 Å². The minimum Gasteiger partial charge on any atom is -0.494 e. The van der Waals surface area contributed by atoms with Crippen molar-refractivity contribution in [3.63, 3.8) is 0 Å². The molecule has 0 saturated carbocycles. The monoisotopic (exact) mass is 163 g/mol. The Morgan fingerprint density at radius 1 is 1.58 bits per heavy atom. The summed E-state index contributed by atoms with van der Waals surface area (Å²) in [7, 11) is 1.62. The summed E-state index contributed by atoms with van der Waals surface area (Å²) in [5.74, 6) is 0.761. The van der Waals surface area contributed by atoms with Gasteiger partial charge in [0, 0.05) is 18.5 Å². The van der Waals surface area contributed by atoms with Crippen molar-refractivity contribution in [3.8, 4) is 5.75 Å². The number of nitrogens with zero attached hydrogens (tertiary/aromatic N) is 1. The van der Waals surface area contributed by atoms with E-state index in [1.807, 2.05) is 0 Å². The molecular formula is C8H9N3O. The lowest BCUT2D eigenvalue weighted by atomic mass is 10.3. The molecule has 0 unspecified atom stereocenters. The Morgan fingerprint density at radius 3 is 3.17 bits per heavy atom. The molecular weight excluding hydrogens is 154 g/mol. The smallest absolute Gasteiger partial charge is 0.146 e. The van der Waals surface area contributed by atoms with Gasteiger partial charge in [0.2, 0.25) is 0 Å². The molecule has 0 fully saturated rings. The van der Waals surface area contributed by atoms with Gasteiger partial charge in [-0.3, -0.25) is 4.98 Å². The molecule has 0 spiro atoms. The third-order valence-corrected chi connectivity index (χ3v) is 1.78. The maximum Gasteiger partial charge on any atom is 0.146 e. The molecule has 2 rings (SSSR count). The van der Waals surface area contributed by atoms with Gasteiger partial charge in [0.25, 0.3) is 0 Å². The molecule has 0 atom stereocenters. The van der Waals surface area contributed by atoms with Gasteiger partial charge >= 0.3 is 0 Å². The lowest BCUT2D eigenvalue weighted by molar-refractivity contribution is 0.418. The zero-order valence-corrected chi connectivity index (χ0v) is 6.66. The average molecular weight is 163 g/mol. The van der Waals surface area contributed by atoms with Crippen LogP contribution in [0, 0.1) is 0 Å². The van der Waals surface area contributed by atoms with E-state index in [-0.39, 0.29) is 0 Å². The second-order valence-electron chi connectivity index (χ2n) is 2.48. The van der Waals surface area contributed by atoms with E-state index in [0.717, 1.165) is 16.8 Å². The summed E-state index contributed by atoms with van der Waals surface area (Å²) in [5, 5.41) is 0. The van der Waals surface area contributed by atoms with Crippen LogP contribution >= 0.6 is 0 Å². The molecule has 0 bridgehead atoms. The number of aromatic amines is 1. The molecule has 0 amide bonds. The fourth-order valence-electron chi connectivity index (χ4n) is 1.19. The molecule has 0 aliphatic rings. The van der Waals surface area contributed by atoms with Crippen molar-refractivity contribution in [2.24, 2.45) is 0 Å². The standard InChI is InChI=1S/C8H9N3O/c1-12-6-2-3-10-7-5(9)4-11-8(6)7/h2-4,11H,9H2,1H3. The van der Waals surface area contributed by atoms with Gasteiger partial charge in [0.15, 0.2) is 0 Å². The second-order valence-corrected chi connectivity index (χ2v) is 2.48. The number of aromatic nitrogens is 2. The number of rotatable bonds is 1. The summed E-state index contributed by atoms with van der Waals surface area (Å²) in [4.78, 5) is 7.11. The normalized spacial score (nSPS) is 10.4. The molecule has 2 aromatic heterocycles. The zero-order chi connectivity index (χ0) is 8.55. The number of nitrogens with one attached hydrogen (secondary N) is 1. The van der Waals surface area contributed by atoms with E-state index in [4.69, 9.17) is 10.5 Å². The number of methoxy groups -OCH3 is 1. The van der Waals surface area contributed by atoms with Crippen molar-refractivity contribution >= 4 is 16.7 Å². The first-order chi connectivity index (χ1) is 5.83. The molecule has 0 aromatic carbocycles. The van der Waals surface area contributed by atoms with Gasteiger partial charge in [0.1, 0.15) is 16.8 Å². The van der Waals surface area contributed by atoms with Gasteiger partial charge in [-0.25, -0.2) is 0 Å². The summed E-state index contributed by atoms with van der Waals surface area (Å²) in [6, 6.07) is 1.79. The Labute approximate surface area is 69.4 Å². The van der Waals surface area contributed by atoms with Crippen LogP contribution in [0.1, 0.15) is 0 Å². The SMILES string of the molecule is COc1ccnc2c(N)c[nH]c12. The van der Waals surface area contributed by atoms with Crippen molar-refractivity contribution in [3.05, 3.63) is 18.5 Å². The highest BCUT2D eigenvalue weighted by Crippen LogP contribution is 2.25. The Morgan fingerprint density at radius 2 is 2.42 bits per heavy atom. The largest absolute Gasteiger partial charge is 0.494 e. The average Bonchev–Trinajstić information content (AvgIpc) is 2.48. The van der Waals surface area contributed by atoms with Crippen molar-refractivity contribution in [1.29, 1.82) is 0 Å². The molecule has 0 aliphatic heterocycles. The Kier molecular flexibility index (Phi) is 1.40. The van der Waals surface area contributed by atoms with E-state index in [1.165, 1.54) is 0 Å². The zero-order valence-electron chi connectivity index (χ0n) is 6.66. The number of nitrogen functional groups attached to an aromatic ring is 1. The van der Waals surface area contributed by atoms with Crippen LogP contribution in [0.5, 0.6) is 5.75 Å². The van der Waals surface area contributed by atoms with Crippen LogP contribution in [0.3, 0.4) is 0 Å². The summed E-state index contributed by atoms with van der Waals surface area (Å²) in [5.41, 5.74) is 7.90. The van der Waals surface area contributed by atoms with Crippen molar-refractivity contribution in [2.75, 3.05) is 12.8 Å². The molecule has 2 aromatic rings. The highest BCUT2D eigenvalue weighted by atomic mass is 16.5. The van der Waals surface area contributed by atoms with Gasteiger partial charge in [0.05, 0.1) is 12.8 Å². The number of pyridine rings is 1. The number of ether oxygens (including phenoxy) is 1.